The maximum absolute atomic E-state index is 13.7. The number of halogens is 3. The number of piperidine rings is 1. The topological polar surface area (TPSA) is 59.1 Å². The molecule has 1 saturated carbocycles. The first-order valence-electron chi connectivity index (χ1n) is 13.2. The van der Waals surface area contributed by atoms with Gasteiger partial charge in [0.25, 0.3) is 0 Å². The molecule has 204 valence electrons. The summed E-state index contributed by atoms with van der Waals surface area (Å²) in [6.07, 6.45) is -2.11. The van der Waals surface area contributed by atoms with E-state index in [2.05, 4.69) is 4.90 Å². The lowest BCUT2D eigenvalue weighted by Gasteiger charge is -2.48. The maximum Gasteiger partial charge on any atom is 0.471 e. The van der Waals surface area contributed by atoms with E-state index in [-0.39, 0.29) is 11.9 Å². The monoisotopic (exact) mass is 530 g/mol. The van der Waals surface area contributed by atoms with Crippen molar-refractivity contribution >= 4 is 11.9 Å². The normalized spacial score (nSPS) is 25.1. The van der Waals surface area contributed by atoms with E-state index in [1.165, 1.54) is 7.11 Å². The third-order valence-electron chi connectivity index (χ3n) is 8.23. The fraction of sp³-hybridized carbons (Fsp3) is 0.517. The van der Waals surface area contributed by atoms with Gasteiger partial charge >= 0.3 is 18.1 Å². The number of nitrogens with zero attached hydrogens (tertiary/aromatic N) is 2. The van der Waals surface area contributed by atoms with Crippen molar-refractivity contribution in [1.29, 1.82) is 0 Å². The standard InChI is InChI=1S/C29H33F3N2O4/c1-37-26(35)22-9-7-20(8-10-22)19-33-14-12-28(13-15-33)18-23(11-16-38-28)34(27(36)29(30,31)32)25-17-24(25)21-5-3-2-4-6-21/h2-10,23-25H,11-19H2,1H3/t23?,24-,25+/m0/s1. The largest absolute Gasteiger partial charge is 0.471 e. The van der Waals surface area contributed by atoms with E-state index in [4.69, 9.17) is 9.47 Å². The number of amides is 1. The Morgan fingerprint density at radius 2 is 1.76 bits per heavy atom. The Labute approximate surface area is 220 Å². The van der Waals surface area contributed by atoms with Crippen LogP contribution in [0.15, 0.2) is 54.6 Å². The van der Waals surface area contributed by atoms with Crippen LogP contribution in [0.1, 0.15) is 59.5 Å². The number of benzene rings is 2. The first-order valence-corrected chi connectivity index (χ1v) is 13.2. The molecule has 3 fully saturated rings. The van der Waals surface area contributed by atoms with E-state index in [0.29, 0.717) is 50.8 Å². The van der Waals surface area contributed by atoms with Crippen molar-refractivity contribution in [2.45, 2.75) is 68.4 Å². The molecule has 0 N–H and O–H groups in total. The van der Waals surface area contributed by atoms with Gasteiger partial charge in [-0.3, -0.25) is 9.69 Å². The maximum atomic E-state index is 13.7. The number of alkyl halides is 3. The molecule has 1 unspecified atom stereocenters. The first kappa shape index (κ1) is 26.7. The van der Waals surface area contributed by atoms with E-state index in [0.717, 1.165) is 29.1 Å². The Kier molecular flexibility index (Phi) is 7.51. The van der Waals surface area contributed by atoms with E-state index in [9.17, 15) is 22.8 Å². The molecule has 1 spiro atoms. The number of rotatable bonds is 6. The molecule has 5 rings (SSSR count). The van der Waals surface area contributed by atoms with E-state index >= 15 is 0 Å². The minimum Gasteiger partial charge on any atom is -0.465 e. The van der Waals surface area contributed by atoms with Crippen molar-refractivity contribution < 1.29 is 32.2 Å². The molecule has 6 nitrogen and oxygen atoms in total. The van der Waals surface area contributed by atoms with Gasteiger partial charge in [0.15, 0.2) is 0 Å². The average Bonchev–Trinajstić information content (AvgIpc) is 3.71. The molecule has 2 aromatic rings. The number of ether oxygens (including phenoxy) is 2. The van der Waals surface area contributed by atoms with Crippen LogP contribution in [0, 0.1) is 0 Å². The number of likely N-dealkylation sites (tertiary alicyclic amines) is 1. The lowest BCUT2D eigenvalue weighted by Crippen LogP contribution is -2.57. The Morgan fingerprint density at radius 3 is 2.39 bits per heavy atom. The SMILES string of the molecule is COC(=O)c1ccc(CN2CCC3(CC2)CC(N(C(=O)C(F)(F)F)[C@@H]2C[C@H]2c2ccccc2)CCO3)cc1. The van der Waals surface area contributed by atoms with Gasteiger partial charge in [-0.15, -0.1) is 0 Å². The molecule has 38 heavy (non-hydrogen) atoms. The highest BCUT2D eigenvalue weighted by atomic mass is 19.4. The zero-order valence-electron chi connectivity index (χ0n) is 21.5. The second-order valence-electron chi connectivity index (χ2n) is 10.7. The third-order valence-corrected chi connectivity index (χ3v) is 8.23. The highest BCUT2D eigenvalue weighted by molar-refractivity contribution is 5.89. The molecule has 0 radical (unpaired) electrons. The Hall–Kier alpha value is -2.91. The summed E-state index contributed by atoms with van der Waals surface area (Å²) in [5.41, 5.74) is 2.03. The van der Waals surface area contributed by atoms with Crippen molar-refractivity contribution in [1.82, 2.24) is 9.80 Å². The van der Waals surface area contributed by atoms with Gasteiger partial charge in [-0.05, 0) is 55.4 Å². The molecular weight excluding hydrogens is 497 g/mol. The molecule has 2 heterocycles. The van der Waals surface area contributed by atoms with Crippen LogP contribution < -0.4 is 0 Å². The fourth-order valence-corrected chi connectivity index (χ4v) is 6.11. The van der Waals surface area contributed by atoms with Crippen LogP contribution in [0.25, 0.3) is 0 Å². The number of methoxy groups -OCH3 is 1. The molecule has 0 aromatic heterocycles. The molecule has 3 aliphatic rings. The van der Waals surface area contributed by atoms with E-state index in [1.54, 1.807) is 12.1 Å². The Morgan fingerprint density at radius 1 is 1.08 bits per heavy atom. The van der Waals surface area contributed by atoms with Gasteiger partial charge in [0.05, 0.1) is 18.3 Å². The minimum absolute atomic E-state index is 0.0614. The lowest BCUT2D eigenvalue weighted by molar-refractivity contribution is -0.195. The van der Waals surface area contributed by atoms with E-state index in [1.807, 2.05) is 42.5 Å². The highest BCUT2D eigenvalue weighted by Crippen LogP contribution is 2.49. The van der Waals surface area contributed by atoms with Crippen LogP contribution in [0.2, 0.25) is 0 Å². The molecule has 9 heteroatoms. The van der Waals surface area contributed by atoms with Crippen molar-refractivity contribution in [3.8, 4) is 0 Å². The Bertz CT molecular complexity index is 1130. The summed E-state index contributed by atoms with van der Waals surface area (Å²) in [6, 6.07) is 15.9. The quantitative estimate of drug-likeness (QED) is 0.496. The smallest absolute Gasteiger partial charge is 0.465 e. The van der Waals surface area contributed by atoms with Crippen molar-refractivity contribution in [2.24, 2.45) is 0 Å². The molecule has 3 atom stereocenters. The summed E-state index contributed by atoms with van der Waals surface area (Å²) in [5, 5.41) is 0. The van der Waals surface area contributed by atoms with Crippen LogP contribution in [-0.4, -0.2) is 72.3 Å². The van der Waals surface area contributed by atoms with E-state index < -0.39 is 29.8 Å². The second-order valence-corrected chi connectivity index (χ2v) is 10.7. The van der Waals surface area contributed by atoms with Crippen LogP contribution in [0.3, 0.4) is 0 Å². The number of carbonyl (C=O) groups is 2. The van der Waals surface area contributed by atoms with Crippen LogP contribution in [0.5, 0.6) is 0 Å². The van der Waals surface area contributed by atoms with Gasteiger partial charge < -0.3 is 14.4 Å². The first-order chi connectivity index (χ1) is 18.2. The molecule has 2 saturated heterocycles. The summed E-state index contributed by atoms with van der Waals surface area (Å²) in [4.78, 5) is 27.8. The molecular formula is C29H33F3N2O4. The lowest BCUT2D eigenvalue weighted by atomic mass is 9.81. The van der Waals surface area contributed by atoms with Crippen molar-refractivity contribution in [3.05, 3.63) is 71.3 Å². The van der Waals surface area contributed by atoms with Gasteiger partial charge in [-0.1, -0.05) is 42.5 Å². The minimum atomic E-state index is -4.90. The highest BCUT2D eigenvalue weighted by Gasteiger charge is 2.55. The number of esters is 1. The average molecular weight is 531 g/mol. The third kappa shape index (κ3) is 5.73. The van der Waals surface area contributed by atoms with Gasteiger partial charge in [0, 0.05) is 44.2 Å². The van der Waals surface area contributed by atoms with Gasteiger partial charge in [-0.2, -0.15) is 13.2 Å². The van der Waals surface area contributed by atoms with Crippen LogP contribution >= 0.6 is 0 Å². The second kappa shape index (κ2) is 10.7. The molecule has 0 bridgehead atoms. The van der Waals surface area contributed by atoms with Gasteiger partial charge in [-0.25, -0.2) is 4.79 Å². The van der Waals surface area contributed by atoms with Gasteiger partial charge in [0.2, 0.25) is 0 Å². The predicted molar refractivity (Wildman–Crippen MR) is 134 cm³/mol. The molecule has 2 aliphatic heterocycles. The summed E-state index contributed by atoms with van der Waals surface area (Å²) in [7, 11) is 1.35. The van der Waals surface area contributed by atoms with Gasteiger partial charge in [0.1, 0.15) is 0 Å². The zero-order chi connectivity index (χ0) is 26.9. The summed E-state index contributed by atoms with van der Waals surface area (Å²) < 4.78 is 52.1. The molecule has 1 amide bonds. The summed E-state index contributed by atoms with van der Waals surface area (Å²) in [6.45, 7) is 2.55. The predicted octanol–water partition coefficient (Wildman–Crippen LogP) is 4.93. The van der Waals surface area contributed by atoms with Crippen LogP contribution in [-0.2, 0) is 20.8 Å². The zero-order valence-corrected chi connectivity index (χ0v) is 21.5. The number of carbonyl (C=O) groups excluding carboxylic acids is 2. The molecule has 1 aliphatic carbocycles. The summed E-state index contributed by atoms with van der Waals surface area (Å²) >= 11 is 0. The Balaban J connectivity index is 1.23. The number of hydrogen-bond acceptors (Lipinski definition) is 5. The molecule has 2 aromatic carbocycles. The van der Waals surface area contributed by atoms with Crippen molar-refractivity contribution in [2.75, 3.05) is 26.8 Å². The summed E-state index contributed by atoms with van der Waals surface area (Å²) in [5.74, 6) is -2.16. The van der Waals surface area contributed by atoms with Crippen LogP contribution in [0.4, 0.5) is 13.2 Å². The fourth-order valence-electron chi connectivity index (χ4n) is 6.11. The number of hydrogen-bond donors (Lipinski definition) is 0. The van der Waals surface area contributed by atoms with Crippen molar-refractivity contribution in [3.63, 3.8) is 0 Å².